The normalized spacial score (nSPS) is 19.1. The number of fused-ring (bicyclic) bond motifs is 1. The number of rotatable bonds is 10. The fraction of sp³-hybridized carbons (Fsp3) is 0.400. The highest BCUT2D eigenvalue weighted by atomic mass is 35.5. The summed E-state index contributed by atoms with van der Waals surface area (Å²) in [5, 5.41) is 27.4. The molecule has 1 aliphatic carbocycles. The second kappa shape index (κ2) is 12.8. The van der Waals surface area contributed by atoms with Gasteiger partial charge in [-0.15, -0.1) is 0 Å². The van der Waals surface area contributed by atoms with Crippen LogP contribution in [0.3, 0.4) is 0 Å². The van der Waals surface area contributed by atoms with Gasteiger partial charge in [0.2, 0.25) is 0 Å². The van der Waals surface area contributed by atoms with E-state index in [1.165, 1.54) is 12.1 Å². The molecule has 9 N–H and O–H groups in total. The molecule has 0 heterocycles. The first-order chi connectivity index (χ1) is 17.6. The molecule has 2 aromatic carbocycles. The third kappa shape index (κ3) is 7.16. The van der Waals surface area contributed by atoms with Crippen molar-refractivity contribution in [1.82, 2.24) is 10.6 Å². The van der Waals surface area contributed by atoms with Gasteiger partial charge in [0.05, 0.1) is 23.8 Å². The molecule has 2 amide bonds. The first-order valence-corrected chi connectivity index (χ1v) is 12.2. The van der Waals surface area contributed by atoms with Crippen LogP contribution in [0.5, 0.6) is 0 Å². The Balaban J connectivity index is 1.90. The van der Waals surface area contributed by atoms with E-state index in [-0.39, 0.29) is 41.7 Å². The number of carbonyl (C=O) groups is 2. The van der Waals surface area contributed by atoms with E-state index in [1.54, 1.807) is 0 Å². The predicted octanol–water partition coefficient (Wildman–Crippen LogP) is 1.11. The molecule has 12 heteroatoms. The fourth-order valence-electron chi connectivity index (χ4n) is 4.67. The van der Waals surface area contributed by atoms with Crippen molar-refractivity contribution < 1.29 is 24.2 Å². The summed E-state index contributed by atoms with van der Waals surface area (Å²) < 4.78 is 13.8. The highest BCUT2D eigenvalue weighted by molar-refractivity contribution is 6.39. The standard InChI is InChI=1S/C25H32ClFN6O4/c1-30-10-13-2-5-17-18(8-13)16(6-4-15(35)12-34)19(11-31-25(28)29)22(17)33-24(37)23(36)32-14-3-7-20(26)21(27)9-14/h2-3,5,7-9,15-16,19,22,30,34-35H,4,6,10-12H2,1H3,(H,32,36)(H,33,37)(H4,28,29,31)/t15?,16-,19+,22+/m1/s1. The van der Waals surface area contributed by atoms with E-state index < -0.39 is 29.8 Å². The van der Waals surface area contributed by atoms with Gasteiger partial charge in [0.15, 0.2) is 5.96 Å². The number of carbonyl (C=O) groups excluding carboxylic acids is 2. The van der Waals surface area contributed by atoms with Crippen molar-refractivity contribution in [1.29, 1.82) is 0 Å². The number of benzene rings is 2. The van der Waals surface area contributed by atoms with E-state index in [0.29, 0.717) is 19.4 Å². The van der Waals surface area contributed by atoms with Crippen LogP contribution in [0.1, 0.15) is 41.5 Å². The van der Waals surface area contributed by atoms with Gasteiger partial charge in [-0.2, -0.15) is 0 Å². The summed E-state index contributed by atoms with van der Waals surface area (Å²) in [6.07, 6.45) is -0.0874. The molecule has 0 radical (unpaired) electrons. The molecule has 3 rings (SSSR count). The Morgan fingerprint density at radius 2 is 1.92 bits per heavy atom. The van der Waals surface area contributed by atoms with Crippen molar-refractivity contribution in [2.75, 3.05) is 25.5 Å². The second-order valence-corrected chi connectivity index (χ2v) is 9.38. The minimum atomic E-state index is -0.977. The van der Waals surface area contributed by atoms with Gasteiger partial charge < -0.3 is 37.6 Å². The van der Waals surface area contributed by atoms with Crippen LogP contribution in [0.4, 0.5) is 10.1 Å². The number of amides is 2. The number of aliphatic hydroxyl groups excluding tert-OH is 2. The van der Waals surface area contributed by atoms with Gasteiger partial charge in [0.25, 0.3) is 0 Å². The topological polar surface area (TPSA) is 175 Å². The number of nitrogens with one attached hydrogen (secondary N) is 3. The maximum absolute atomic E-state index is 13.8. The van der Waals surface area contributed by atoms with Crippen molar-refractivity contribution in [3.8, 4) is 0 Å². The minimum Gasteiger partial charge on any atom is -0.394 e. The molecule has 0 aromatic heterocycles. The van der Waals surface area contributed by atoms with Crippen LogP contribution in [-0.2, 0) is 16.1 Å². The van der Waals surface area contributed by atoms with Gasteiger partial charge in [-0.3, -0.25) is 14.6 Å². The Hall–Kier alpha value is -3.25. The molecule has 0 spiro atoms. The summed E-state index contributed by atoms with van der Waals surface area (Å²) in [5.41, 5.74) is 14.0. The number of anilines is 1. The van der Waals surface area contributed by atoms with Crippen LogP contribution in [-0.4, -0.2) is 54.3 Å². The molecule has 37 heavy (non-hydrogen) atoms. The molecule has 0 aliphatic heterocycles. The second-order valence-electron chi connectivity index (χ2n) is 8.98. The Bertz CT molecular complexity index is 1160. The number of hydrogen-bond donors (Lipinski definition) is 7. The largest absolute Gasteiger partial charge is 0.394 e. The van der Waals surface area contributed by atoms with E-state index in [4.69, 9.17) is 23.1 Å². The van der Waals surface area contributed by atoms with Gasteiger partial charge in [-0.1, -0.05) is 29.8 Å². The van der Waals surface area contributed by atoms with Gasteiger partial charge in [-0.05, 0) is 60.7 Å². The Morgan fingerprint density at radius 3 is 2.57 bits per heavy atom. The van der Waals surface area contributed by atoms with Crippen molar-refractivity contribution in [2.45, 2.75) is 37.5 Å². The van der Waals surface area contributed by atoms with E-state index in [2.05, 4.69) is 20.9 Å². The fourth-order valence-corrected chi connectivity index (χ4v) is 4.78. The molecular weight excluding hydrogens is 503 g/mol. The van der Waals surface area contributed by atoms with Gasteiger partial charge in [-0.25, -0.2) is 4.39 Å². The number of aliphatic imine (C=N–C) groups is 1. The molecule has 200 valence electrons. The van der Waals surface area contributed by atoms with Crippen molar-refractivity contribution in [3.05, 3.63) is 63.9 Å². The molecule has 0 saturated heterocycles. The summed E-state index contributed by atoms with van der Waals surface area (Å²) in [7, 11) is 1.83. The lowest BCUT2D eigenvalue weighted by Crippen LogP contribution is -2.40. The maximum atomic E-state index is 13.8. The van der Waals surface area contributed by atoms with Crippen molar-refractivity contribution in [3.63, 3.8) is 0 Å². The lowest BCUT2D eigenvalue weighted by Gasteiger charge is -2.25. The average molecular weight is 535 g/mol. The van der Waals surface area contributed by atoms with Gasteiger partial charge >= 0.3 is 11.8 Å². The van der Waals surface area contributed by atoms with E-state index in [1.807, 2.05) is 25.2 Å². The first kappa shape index (κ1) is 28.3. The van der Waals surface area contributed by atoms with Gasteiger partial charge in [0.1, 0.15) is 5.82 Å². The number of guanidine groups is 1. The zero-order chi connectivity index (χ0) is 27.1. The Morgan fingerprint density at radius 1 is 1.16 bits per heavy atom. The number of nitrogens with two attached hydrogens (primary N) is 2. The molecule has 10 nitrogen and oxygen atoms in total. The molecule has 0 bridgehead atoms. The van der Waals surface area contributed by atoms with Crippen LogP contribution in [0.2, 0.25) is 5.02 Å². The van der Waals surface area contributed by atoms with Crippen LogP contribution < -0.4 is 27.4 Å². The summed E-state index contributed by atoms with van der Waals surface area (Å²) >= 11 is 5.68. The number of nitrogens with zero attached hydrogens (tertiary/aromatic N) is 1. The lowest BCUT2D eigenvalue weighted by atomic mass is 9.85. The number of aliphatic hydroxyl groups is 2. The van der Waals surface area contributed by atoms with E-state index >= 15 is 0 Å². The average Bonchev–Trinajstić information content (AvgIpc) is 3.14. The van der Waals surface area contributed by atoms with E-state index in [9.17, 15) is 24.2 Å². The third-order valence-electron chi connectivity index (χ3n) is 6.39. The molecule has 0 saturated carbocycles. The van der Waals surface area contributed by atoms with Crippen LogP contribution in [0, 0.1) is 11.7 Å². The summed E-state index contributed by atoms with van der Waals surface area (Å²) in [6.45, 7) is 0.408. The zero-order valence-corrected chi connectivity index (χ0v) is 21.1. The zero-order valence-electron chi connectivity index (χ0n) is 20.4. The maximum Gasteiger partial charge on any atom is 0.313 e. The SMILES string of the molecule is CNCc1ccc2c(c1)[C@@H](CCC(O)CO)[C@H](CN=C(N)N)[C@H]2NC(=O)C(=O)Nc1ccc(Cl)c(F)c1. The predicted molar refractivity (Wildman–Crippen MR) is 139 cm³/mol. The molecule has 2 aromatic rings. The Labute approximate surface area is 219 Å². The molecule has 4 atom stereocenters. The molecular formula is C25H32ClFN6O4. The third-order valence-corrected chi connectivity index (χ3v) is 6.69. The summed E-state index contributed by atoms with van der Waals surface area (Å²) in [4.78, 5) is 29.7. The molecule has 0 fully saturated rings. The quantitative estimate of drug-likeness (QED) is 0.136. The minimum absolute atomic E-state index is 0.0819. The first-order valence-electron chi connectivity index (χ1n) is 11.8. The molecule has 1 unspecified atom stereocenters. The monoisotopic (exact) mass is 534 g/mol. The van der Waals surface area contributed by atoms with Crippen LogP contribution in [0.15, 0.2) is 41.4 Å². The van der Waals surface area contributed by atoms with Crippen molar-refractivity contribution in [2.24, 2.45) is 22.4 Å². The number of halogens is 2. The van der Waals surface area contributed by atoms with Crippen LogP contribution >= 0.6 is 11.6 Å². The van der Waals surface area contributed by atoms with E-state index in [0.717, 1.165) is 22.8 Å². The van der Waals surface area contributed by atoms with Crippen molar-refractivity contribution >= 4 is 35.1 Å². The Kier molecular flexibility index (Phi) is 9.81. The summed E-state index contributed by atoms with van der Waals surface area (Å²) in [5.74, 6) is -3.25. The molecule has 1 aliphatic rings. The highest BCUT2D eigenvalue weighted by Crippen LogP contribution is 2.48. The highest BCUT2D eigenvalue weighted by Gasteiger charge is 2.42. The number of hydrogen-bond acceptors (Lipinski definition) is 6. The van der Waals surface area contributed by atoms with Gasteiger partial charge in [0, 0.05) is 24.7 Å². The lowest BCUT2D eigenvalue weighted by molar-refractivity contribution is -0.136. The van der Waals surface area contributed by atoms with Crippen LogP contribution in [0.25, 0.3) is 0 Å². The summed E-state index contributed by atoms with van der Waals surface area (Å²) in [6, 6.07) is 8.90. The smallest absolute Gasteiger partial charge is 0.313 e.